The summed E-state index contributed by atoms with van der Waals surface area (Å²) in [5.74, 6) is 0.662. The van der Waals surface area contributed by atoms with E-state index in [1.165, 1.54) is 0 Å². The summed E-state index contributed by atoms with van der Waals surface area (Å²) in [4.78, 5) is 2.00. The average Bonchev–Trinajstić information content (AvgIpc) is 2.12. The van der Waals surface area contributed by atoms with Crippen molar-refractivity contribution in [1.82, 2.24) is 4.90 Å². The van der Waals surface area contributed by atoms with Crippen LogP contribution >= 0.6 is 0 Å². The van der Waals surface area contributed by atoms with Gasteiger partial charge in [0.15, 0.2) is 0 Å². The van der Waals surface area contributed by atoms with Crippen molar-refractivity contribution in [2.24, 2.45) is 5.73 Å². The second kappa shape index (κ2) is 1.90. The van der Waals surface area contributed by atoms with Gasteiger partial charge in [0.05, 0.1) is 5.82 Å². The Hall–Kier alpha value is -0.920. The summed E-state index contributed by atoms with van der Waals surface area (Å²) in [6.45, 7) is 5.45. The molecule has 0 atom stereocenters. The van der Waals surface area contributed by atoms with E-state index in [1.54, 1.807) is 0 Å². The Bertz CT molecular complexity index is 118. The lowest BCUT2D eigenvalue weighted by molar-refractivity contribution is 0.440. The van der Waals surface area contributed by atoms with Crippen LogP contribution in [0.25, 0.3) is 0 Å². The fourth-order valence-electron chi connectivity index (χ4n) is 0.713. The first-order valence-corrected chi connectivity index (χ1v) is 2.65. The topological polar surface area (TPSA) is 29.3 Å². The van der Waals surface area contributed by atoms with Gasteiger partial charge < -0.3 is 10.6 Å². The maximum atomic E-state index is 5.39. The lowest BCUT2D eigenvalue weighted by atomic mass is 10.6. The molecule has 0 aromatic heterocycles. The summed E-state index contributed by atoms with van der Waals surface area (Å²) in [5.41, 5.74) is 5.39. The van der Waals surface area contributed by atoms with Crippen LogP contribution in [0.2, 0.25) is 0 Å². The van der Waals surface area contributed by atoms with E-state index in [0.717, 1.165) is 13.1 Å². The number of rotatable bonds is 1. The van der Waals surface area contributed by atoms with Gasteiger partial charge in [-0.15, -0.1) is 0 Å². The van der Waals surface area contributed by atoms with Crippen molar-refractivity contribution < 1.29 is 0 Å². The summed E-state index contributed by atoms with van der Waals surface area (Å²) < 4.78 is 0. The van der Waals surface area contributed by atoms with E-state index in [1.807, 2.05) is 4.90 Å². The van der Waals surface area contributed by atoms with E-state index in [9.17, 15) is 0 Å². The van der Waals surface area contributed by atoms with Crippen molar-refractivity contribution in [2.45, 2.75) is 0 Å². The molecule has 0 saturated carbocycles. The molecule has 0 aromatic rings. The number of hydrogen-bond donors (Lipinski definition) is 1. The Morgan fingerprint density at radius 3 is 2.25 bits per heavy atom. The maximum Gasteiger partial charge on any atom is 0.0917 e. The third kappa shape index (κ3) is 0.832. The fourth-order valence-corrected chi connectivity index (χ4v) is 0.713. The SMILES string of the molecule is C=C(N)N1CC=CC1. The molecule has 0 aliphatic carbocycles. The first-order chi connectivity index (χ1) is 3.80. The van der Waals surface area contributed by atoms with Crippen LogP contribution in [-0.2, 0) is 0 Å². The molecule has 1 aliphatic rings. The number of nitrogens with zero attached hydrogens (tertiary/aromatic N) is 1. The average molecular weight is 110 g/mol. The Labute approximate surface area is 49.3 Å². The molecule has 8 heavy (non-hydrogen) atoms. The lowest BCUT2D eigenvalue weighted by Crippen LogP contribution is -2.23. The largest absolute Gasteiger partial charge is 0.386 e. The molecule has 0 saturated heterocycles. The molecule has 2 nitrogen and oxygen atoms in total. The predicted molar refractivity (Wildman–Crippen MR) is 34.0 cm³/mol. The van der Waals surface area contributed by atoms with E-state index in [-0.39, 0.29) is 0 Å². The van der Waals surface area contributed by atoms with Crippen molar-refractivity contribution in [2.75, 3.05) is 13.1 Å². The van der Waals surface area contributed by atoms with Crippen LogP contribution in [-0.4, -0.2) is 18.0 Å². The third-order valence-corrected chi connectivity index (χ3v) is 1.22. The Morgan fingerprint density at radius 1 is 1.50 bits per heavy atom. The molecule has 0 spiro atoms. The smallest absolute Gasteiger partial charge is 0.0917 e. The predicted octanol–water partition coefficient (Wildman–Crippen LogP) is 0.288. The number of hydrogen-bond acceptors (Lipinski definition) is 2. The molecule has 0 fully saturated rings. The first-order valence-electron chi connectivity index (χ1n) is 2.65. The minimum Gasteiger partial charge on any atom is -0.386 e. The van der Waals surface area contributed by atoms with Crippen molar-refractivity contribution in [3.05, 3.63) is 24.6 Å². The highest BCUT2D eigenvalue weighted by atomic mass is 15.2. The van der Waals surface area contributed by atoms with Gasteiger partial charge in [0.1, 0.15) is 0 Å². The molecule has 0 unspecified atom stereocenters. The minimum absolute atomic E-state index is 0.662. The van der Waals surface area contributed by atoms with Crippen molar-refractivity contribution in [1.29, 1.82) is 0 Å². The van der Waals surface area contributed by atoms with Crippen molar-refractivity contribution in [3.63, 3.8) is 0 Å². The quantitative estimate of drug-likeness (QED) is 0.491. The van der Waals surface area contributed by atoms with Crippen LogP contribution in [0.15, 0.2) is 24.6 Å². The Balaban J connectivity index is 2.41. The van der Waals surface area contributed by atoms with Crippen LogP contribution in [0, 0.1) is 0 Å². The van der Waals surface area contributed by atoms with Crippen molar-refractivity contribution in [3.8, 4) is 0 Å². The highest BCUT2D eigenvalue weighted by Gasteiger charge is 2.03. The normalized spacial score (nSPS) is 17.2. The Morgan fingerprint density at radius 2 is 2.00 bits per heavy atom. The minimum atomic E-state index is 0.662. The van der Waals surface area contributed by atoms with E-state index >= 15 is 0 Å². The highest BCUT2D eigenvalue weighted by molar-refractivity contribution is 5.03. The zero-order valence-corrected chi connectivity index (χ0v) is 4.80. The maximum absolute atomic E-state index is 5.39. The van der Waals surface area contributed by atoms with Gasteiger partial charge in [-0.05, 0) is 0 Å². The van der Waals surface area contributed by atoms with E-state index in [2.05, 4.69) is 18.7 Å². The van der Waals surface area contributed by atoms with Crippen LogP contribution in [0.4, 0.5) is 0 Å². The first kappa shape index (κ1) is 5.22. The summed E-state index contributed by atoms with van der Waals surface area (Å²) in [7, 11) is 0. The molecule has 44 valence electrons. The van der Waals surface area contributed by atoms with Gasteiger partial charge in [-0.25, -0.2) is 0 Å². The molecule has 0 radical (unpaired) electrons. The zero-order valence-electron chi connectivity index (χ0n) is 4.80. The zero-order chi connectivity index (χ0) is 5.98. The fraction of sp³-hybridized carbons (Fsp3) is 0.333. The van der Waals surface area contributed by atoms with Gasteiger partial charge in [-0.2, -0.15) is 0 Å². The summed E-state index contributed by atoms with van der Waals surface area (Å²) >= 11 is 0. The van der Waals surface area contributed by atoms with Crippen LogP contribution < -0.4 is 5.73 Å². The van der Waals surface area contributed by atoms with Gasteiger partial charge >= 0.3 is 0 Å². The molecule has 0 bridgehead atoms. The molecule has 0 aromatic carbocycles. The van der Waals surface area contributed by atoms with Crippen LogP contribution in [0.3, 0.4) is 0 Å². The van der Waals surface area contributed by atoms with Crippen molar-refractivity contribution >= 4 is 0 Å². The molecule has 0 amide bonds. The van der Waals surface area contributed by atoms with E-state index in [0.29, 0.717) is 5.82 Å². The molecule has 1 rings (SSSR count). The molecular weight excluding hydrogens is 100 g/mol. The van der Waals surface area contributed by atoms with Gasteiger partial charge in [-0.1, -0.05) is 18.7 Å². The van der Waals surface area contributed by atoms with Crippen LogP contribution in [0.1, 0.15) is 0 Å². The van der Waals surface area contributed by atoms with E-state index < -0.39 is 0 Å². The molecule has 2 heteroatoms. The molecule has 2 N–H and O–H groups in total. The molecular formula is C6H10N2. The standard InChI is InChI=1S/C6H10N2/c1-6(7)8-4-2-3-5-8/h2-3H,1,4-5,7H2. The molecule has 1 aliphatic heterocycles. The monoisotopic (exact) mass is 110 g/mol. The van der Waals surface area contributed by atoms with Crippen LogP contribution in [0.5, 0.6) is 0 Å². The molecule has 1 heterocycles. The lowest BCUT2D eigenvalue weighted by Gasteiger charge is -2.15. The highest BCUT2D eigenvalue weighted by Crippen LogP contribution is 2.00. The number of nitrogens with two attached hydrogens (primary N) is 1. The second-order valence-electron chi connectivity index (χ2n) is 1.87. The summed E-state index contributed by atoms with van der Waals surface area (Å²) in [6, 6.07) is 0. The van der Waals surface area contributed by atoms with Gasteiger partial charge in [0.2, 0.25) is 0 Å². The third-order valence-electron chi connectivity index (χ3n) is 1.22. The van der Waals surface area contributed by atoms with Gasteiger partial charge in [0.25, 0.3) is 0 Å². The van der Waals surface area contributed by atoms with E-state index in [4.69, 9.17) is 5.73 Å². The van der Waals surface area contributed by atoms with Gasteiger partial charge in [0, 0.05) is 13.1 Å². The Kier molecular flexibility index (Phi) is 1.24. The van der Waals surface area contributed by atoms with Gasteiger partial charge in [-0.3, -0.25) is 0 Å². The second-order valence-corrected chi connectivity index (χ2v) is 1.87. The summed E-state index contributed by atoms with van der Waals surface area (Å²) in [5, 5.41) is 0. The summed E-state index contributed by atoms with van der Waals surface area (Å²) in [6.07, 6.45) is 4.16.